The van der Waals surface area contributed by atoms with Gasteiger partial charge in [-0.2, -0.15) is 0 Å². The minimum Gasteiger partial charge on any atom is -0.465 e. The fourth-order valence-electron chi connectivity index (χ4n) is 2.42. The Labute approximate surface area is 167 Å². The van der Waals surface area contributed by atoms with Crippen LogP contribution in [0.2, 0.25) is 6.82 Å². The van der Waals surface area contributed by atoms with Crippen LogP contribution in [0.15, 0.2) is 36.4 Å². The van der Waals surface area contributed by atoms with Crippen molar-refractivity contribution in [3.63, 3.8) is 0 Å². The Morgan fingerprint density at radius 2 is 0.893 bits per heavy atom. The van der Waals surface area contributed by atoms with E-state index in [2.05, 4.69) is 9.47 Å². The molecule has 0 aliphatic carbocycles. The van der Waals surface area contributed by atoms with E-state index in [1.165, 1.54) is 21.0 Å². The molecule has 0 amide bonds. The van der Waals surface area contributed by atoms with Gasteiger partial charge >= 0.3 is 19.1 Å². The molecule has 0 fully saturated rings. The van der Waals surface area contributed by atoms with Crippen LogP contribution in [0, 0.1) is 27.7 Å². The summed E-state index contributed by atoms with van der Waals surface area (Å²) in [6.45, 7) is 9.11. The van der Waals surface area contributed by atoms with Crippen molar-refractivity contribution in [3.8, 4) is 0 Å². The average Bonchev–Trinajstić information content (AvgIpc) is 2.58. The predicted octanol–water partition coefficient (Wildman–Crippen LogP) is 3.27. The summed E-state index contributed by atoms with van der Waals surface area (Å²) < 4.78 is 9.21. The summed E-state index contributed by atoms with van der Waals surface area (Å²) in [6.07, 6.45) is 0. The van der Waals surface area contributed by atoms with Crippen LogP contribution >= 0.6 is 0 Å². The van der Waals surface area contributed by atoms with Crippen LogP contribution in [0.5, 0.6) is 0 Å². The lowest BCUT2D eigenvalue weighted by Crippen LogP contribution is -2.01. The summed E-state index contributed by atoms with van der Waals surface area (Å²) >= 11 is 0. The standard InChI is InChI=1S/2C10H12O2.CH5BO2/c2*1-7-4-8(2)6-9(5-7)10(11)12-3;1-2(3)4/h2*4-6H,1-3H3;3-4H,1H3. The maximum absolute atomic E-state index is 11.1. The van der Waals surface area contributed by atoms with E-state index in [4.69, 9.17) is 10.0 Å². The van der Waals surface area contributed by atoms with E-state index < -0.39 is 7.12 Å². The molecular formula is C21H29BO6. The van der Waals surface area contributed by atoms with Gasteiger partial charge < -0.3 is 19.5 Å². The first kappa shape index (κ1) is 25.4. The lowest BCUT2D eigenvalue weighted by molar-refractivity contribution is 0.0591. The van der Waals surface area contributed by atoms with Gasteiger partial charge in [0.15, 0.2) is 0 Å². The molecule has 0 saturated carbocycles. The lowest BCUT2D eigenvalue weighted by Gasteiger charge is -2.01. The van der Waals surface area contributed by atoms with Crippen molar-refractivity contribution in [1.29, 1.82) is 0 Å². The second-order valence-corrected chi connectivity index (χ2v) is 6.37. The van der Waals surface area contributed by atoms with Crippen molar-refractivity contribution >= 4 is 19.1 Å². The van der Waals surface area contributed by atoms with E-state index in [9.17, 15) is 9.59 Å². The van der Waals surface area contributed by atoms with Gasteiger partial charge in [0, 0.05) is 0 Å². The summed E-state index contributed by atoms with van der Waals surface area (Å²) in [6, 6.07) is 11.3. The maximum Gasteiger partial charge on any atom is 0.448 e. The van der Waals surface area contributed by atoms with E-state index in [0.29, 0.717) is 11.1 Å². The van der Waals surface area contributed by atoms with Crippen LogP contribution in [-0.2, 0) is 9.47 Å². The smallest absolute Gasteiger partial charge is 0.448 e. The summed E-state index contributed by atoms with van der Waals surface area (Å²) in [5.41, 5.74) is 5.56. The lowest BCUT2D eigenvalue weighted by atomic mass is 9.99. The van der Waals surface area contributed by atoms with E-state index >= 15 is 0 Å². The van der Waals surface area contributed by atoms with Crippen LogP contribution in [0.1, 0.15) is 43.0 Å². The summed E-state index contributed by atoms with van der Waals surface area (Å²) in [5, 5.41) is 15.2. The molecule has 2 aromatic rings. The molecule has 2 rings (SSSR count). The molecule has 2 N–H and O–H groups in total. The Bertz CT molecular complexity index is 680. The van der Waals surface area contributed by atoms with Crippen molar-refractivity contribution in [2.75, 3.05) is 14.2 Å². The van der Waals surface area contributed by atoms with Crippen LogP contribution in [0.4, 0.5) is 0 Å². The van der Waals surface area contributed by atoms with E-state index in [0.717, 1.165) is 22.3 Å². The molecule has 0 aliphatic rings. The monoisotopic (exact) mass is 388 g/mol. The zero-order valence-corrected chi connectivity index (χ0v) is 17.6. The van der Waals surface area contributed by atoms with E-state index in [1.807, 2.05) is 64.1 Å². The first-order valence-electron chi connectivity index (χ1n) is 8.69. The zero-order chi connectivity index (χ0) is 21.9. The highest BCUT2D eigenvalue weighted by atomic mass is 16.5. The number of carbonyl (C=O) groups excluding carboxylic acids is 2. The molecule has 0 bridgehead atoms. The van der Waals surface area contributed by atoms with Crippen molar-refractivity contribution in [2.45, 2.75) is 34.5 Å². The maximum atomic E-state index is 11.1. The van der Waals surface area contributed by atoms with Gasteiger partial charge in [-0.05, 0) is 58.8 Å². The highest BCUT2D eigenvalue weighted by molar-refractivity contribution is 6.38. The van der Waals surface area contributed by atoms with Crippen molar-refractivity contribution in [3.05, 3.63) is 69.8 Å². The summed E-state index contributed by atoms with van der Waals surface area (Å²) in [4.78, 5) is 22.2. The van der Waals surface area contributed by atoms with E-state index in [-0.39, 0.29) is 11.9 Å². The number of hydrogen-bond donors (Lipinski definition) is 2. The Hall–Kier alpha value is -2.64. The molecule has 6 nitrogen and oxygen atoms in total. The van der Waals surface area contributed by atoms with Gasteiger partial charge in [-0.15, -0.1) is 0 Å². The Morgan fingerprint density at radius 3 is 1.07 bits per heavy atom. The first-order chi connectivity index (χ1) is 13.0. The van der Waals surface area contributed by atoms with Crippen molar-refractivity contribution in [2.24, 2.45) is 0 Å². The molecule has 0 saturated heterocycles. The Balaban J connectivity index is 0.000000439. The molecule has 28 heavy (non-hydrogen) atoms. The molecule has 0 radical (unpaired) electrons. The number of rotatable bonds is 2. The van der Waals surface area contributed by atoms with Gasteiger partial charge in [-0.3, -0.25) is 0 Å². The number of aryl methyl sites for hydroxylation is 4. The van der Waals surface area contributed by atoms with Gasteiger partial charge in [-0.25, -0.2) is 9.59 Å². The molecule has 0 spiro atoms. The molecule has 0 unspecified atom stereocenters. The quantitative estimate of drug-likeness (QED) is 0.606. The number of benzene rings is 2. The normalized spacial score (nSPS) is 9.18. The van der Waals surface area contributed by atoms with Gasteiger partial charge in [0.1, 0.15) is 0 Å². The van der Waals surface area contributed by atoms with Gasteiger partial charge in [0.2, 0.25) is 0 Å². The highest BCUT2D eigenvalue weighted by Gasteiger charge is 2.05. The van der Waals surface area contributed by atoms with E-state index in [1.54, 1.807) is 0 Å². The van der Waals surface area contributed by atoms with Crippen LogP contribution < -0.4 is 0 Å². The minimum absolute atomic E-state index is 0.276. The molecule has 0 heterocycles. The van der Waals surface area contributed by atoms with Crippen LogP contribution in [0.25, 0.3) is 0 Å². The second kappa shape index (κ2) is 12.7. The van der Waals surface area contributed by atoms with Gasteiger partial charge in [0.25, 0.3) is 0 Å². The Kier molecular flexibility index (Phi) is 11.5. The first-order valence-corrected chi connectivity index (χ1v) is 8.69. The number of ether oxygens (including phenoxy) is 2. The molecule has 0 atom stereocenters. The highest BCUT2D eigenvalue weighted by Crippen LogP contribution is 2.10. The SMILES string of the molecule is CB(O)O.COC(=O)c1cc(C)cc(C)c1.COC(=O)c1cc(C)cc(C)c1. The van der Waals surface area contributed by atoms with Crippen molar-refractivity contribution < 1.29 is 29.1 Å². The molecule has 0 aliphatic heterocycles. The van der Waals surface area contributed by atoms with Gasteiger partial charge in [0.05, 0.1) is 25.3 Å². The average molecular weight is 388 g/mol. The minimum atomic E-state index is -1.17. The molecular weight excluding hydrogens is 359 g/mol. The van der Waals surface area contributed by atoms with Crippen LogP contribution in [0.3, 0.4) is 0 Å². The molecule has 152 valence electrons. The largest absolute Gasteiger partial charge is 0.465 e. The third kappa shape index (κ3) is 10.5. The third-order valence-electron chi connectivity index (χ3n) is 3.29. The zero-order valence-electron chi connectivity index (χ0n) is 17.6. The summed E-state index contributed by atoms with van der Waals surface area (Å²) in [5.74, 6) is -0.552. The molecule has 2 aromatic carbocycles. The number of carbonyl (C=O) groups is 2. The third-order valence-corrected chi connectivity index (χ3v) is 3.29. The number of hydrogen-bond acceptors (Lipinski definition) is 6. The number of methoxy groups -OCH3 is 2. The molecule has 7 heteroatoms. The fraction of sp³-hybridized carbons (Fsp3) is 0.333. The topological polar surface area (TPSA) is 93.1 Å². The fourth-order valence-corrected chi connectivity index (χ4v) is 2.42. The molecule has 0 aromatic heterocycles. The number of esters is 2. The van der Waals surface area contributed by atoms with Gasteiger partial charge in [-0.1, -0.05) is 34.4 Å². The Morgan fingerprint density at radius 1 is 0.679 bits per heavy atom. The predicted molar refractivity (Wildman–Crippen MR) is 111 cm³/mol. The second-order valence-electron chi connectivity index (χ2n) is 6.37. The van der Waals surface area contributed by atoms with Crippen molar-refractivity contribution in [1.82, 2.24) is 0 Å². The summed E-state index contributed by atoms with van der Waals surface area (Å²) in [7, 11) is 1.61. The van der Waals surface area contributed by atoms with Crippen LogP contribution in [-0.4, -0.2) is 43.3 Å².